The lowest BCUT2D eigenvalue weighted by atomic mass is 9.78. The monoisotopic (exact) mass is 325 g/mol. The molecule has 0 aromatic rings. The van der Waals surface area contributed by atoms with Crippen molar-refractivity contribution in [3.05, 3.63) is 0 Å². The highest BCUT2D eigenvalue weighted by atomic mass is 16.4. The van der Waals surface area contributed by atoms with Crippen molar-refractivity contribution < 1.29 is 14.7 Å². The molecule has 6 heteroatoms. The van der Waals surface area contributed by atoms with Gasteiger partial charge in [0.25, 0.3) is 0 Å². The number of urea groups is 1. The number of amides is 2. The van der Waals surface area contributed by atoms with Crippen molar-refractivity contribution in [2.75, 3.05) is 26.2 Å². The molecular weight excluding hydrogens is 294 g/mol. The van der Waals surface area contributed by atoms with Gasteiger partial charge in [0, 0.05) is 25.2 Å². The molecule has 2 rings (SSSR count). The van der Waals surface area contributed by atoms with Crippen LogP contribution in [0.25, 0.3) is 0 Å². The van der Waals surface area contributed by atoms with Crippen LogP contribution in [0.5, 0.6) is 0 Å². The minimum atomic E-state index is -0.786. The second-order valence-electron chi connectivity index (χ2n) is 7.38. The number of piperidine rings is 1. The van der Waals surface area contributed by atoms with E-state index in [4.69, 9.17) is 5.11 Å². The minimum absolute atomic E-state index is 0.0490. The van der Waals surface area contributed by atoms with Crippen LogP contribution in [0.15, 0.2) is 0 Å². The van der Waals surface area contributed by atoms with Gasteiger partial charge in [-0.05, 0) is 37.6 Å². The Bertz CT molecular complexity index is 427. The Morgan fingerprint density at radius 2 is 1.87 bits per heavy atom. The van der Waals surface area contributed by atoms with Crippen molar-refractivity contribution in [3.63, 3.8) is 0 Å². The molecule has 0 bridgehead atoms. The molecule has 6 nitrogen and oxygen atoms in total. The van der Waals surface area contributed by atoms with Gasteiger partial charge in [-0.25, -0.2) is 4.79 Å². The SMILES string of the molecule is CCN(CC(=O)O)C1CC(NC(=O)N2CCC(C)(CC)CC2)C1. The van der Waals surface area contributed by atoms with Crippen LogP contribution in [-0.2, 0) is 4.79 Å². The summed E-state index contributed by atoms with van der Waals surface area (Å²) < 4.78 is 0. The summed E-state index contributed by atoms with van der Waals surface area (Å²) in [5.41, 5.74) is 0.386. The predicted molar refractivity (Wildman–Crippen MR) is 89.4 cm³/mol. The van der Waals surface area contributed by atoms with Crippen LogP contribution in [0, 0.1) is 5.41 Å². The lowest BCUT2D eigenvalue weighted by molar-refractivity contribution is -0.139. The molecule has 0 spiro atoms. The van der Waals surface area contributed by atoms with Crippen LogP contribution in [-0.4, -0.2) is 65.2 Å². The zero-order valence-corrected chi connectivity index (χ0v) is 14.7. The number of carboxylic acids is 1. The highest BCUT2D eigenvalue weighted by molar-refractivity contribution is 5.74. The summed E-state index contributed by atoms with van der Waals surface area (Å²) in [6.07, 6.45) is 5.03. The molecule has 1 aliphatic heterocycles. The van der Waals surface area contributed by atoms with Crippen molar-refractivity contribution in [2.24, 2.45) is 5.41 Å². The van der Waals surface area contributed by atoms with Crippen molar-refractivity contribution in [3.8, 4) is 0 Å². The van der Waals surface area contributed by atoms with Gasteiger partial charge in [-0.3, -0.25) is 9.69 Å². The van der Waals surface area contributed by atoms with Crippen LogP contribution >= 0.6 is 0 Å². The molecule has 1 heterocycles. The topological polar surface area (TPSA) is 72.9 Å². The van der Waals surface area contributed by atoms with Crippen LogP contribution < -0.4 is 5.32 Å². The van der Waals surface area contributed by atoms with Crippen molar-refractivity contribution in [2.45, 2.75) is 65.0 Å². The number of hydrogen-bond donors (Lipinski definition) is 2. The number of carbonyl (C=O) groups excluding carboxylic acids is 1. The first-order chi connectivity index (χ1) is 10.9. The van der Waals surface area contributed by atoms with E-state index < -0.39 is 5.97 Å². The molecule has 132 valence electrons. The van der Waals surface area contributed by atoms with E-state index in [1.807, 2.05) is 16.7 Å². The van der Waals surface area contributed by atoms with Crippen molar-refractivity contribution >= 4 is 12.0 Å². The maximum Gasteiger partial charge on any atom is 0.317 e. The number of carboxylic acid groups (broad SMARTS) is 1. The average Bonchev–Trinajstić information content (AvgIpc) is 2.48. The highest BCUT2D eigenvalue weighted by Gasteiger charge is 2.36. The molecule has 0 aromatic carbocycles. The summed E-state index contributed by atoms with van der Waals surface area (Å²) in [5.74, 6) is -0.786. The fourth-order valence-corrected chi connectivity index (χ4v) is 3.55. The van der Waals surface area contributed by atoms with Crippen molar-refractivity contribution in [1.82, 2.24) is 15.1 Å². The summed E-state index contributed by atoms with van der Waals surface area (Å²) >= 11 is 0. The van der Waals surface area contributed by atoms with Gasteiger partial charge in [0.1, 0.15) is 0 Å². The Labute approximate surface area is 139 Å². The smallest absolute Gasteiger partial charge is 0.317 e. The van der Waals surface area contributed by atoms with Gasteiger partial charge < -0.3 is 15.3 Å². The molecule has 0 aromatic heterocycles. The first-order valence-corrected chi connectivity index (χ1v) is 8.88. The highest BCUT2D eigenvalue weighted by Crippen LogP contribution is 2.34. The molecule has 2 aliphatic rings. The van der Waals surface area contributed by atoms with E-state index in [9.17, 15) is 9.59 Å². The van der Waals surface area contributed by atoms with Gasteiger partial charge in [-0.1, -0.05) is 27.2 Å². The zero-order chi connectivity index (χ0) is 17.0. The maximum atomic E-state index is 12.3. The average molecular weight is 325 g/mol. The second-order valence-corrected chi connectivity index (χ2v) is 7.38. The Hall–Kier alpha value is -1.30. The second kappa shape index (κ2) is 7.51. The molecule has 0 atom stereocenters. The van der Waals surface area contributed by atoms with Gasteiger partial charge in [0.2, 0.25) is 0 Å². The van der Waals surface area contributed by atoms with E-state index in [0.717, 1.165) is 45.3 Å². The van der Waals surface area contributed by atoms with Crippen LogP contribution in [0.2, 0.25) is 0 Å². The third kappa shape index (κ3) is 4.59. The minimum Gasteiger partial charge on any atom is -0.480 e. The zero-order valence-electron chi connectivity index (χ0n) is 14.7. The van der Waals surface area contributed by atoms with E-state index in [1.165, 1.54) is 6.42 Å². The first-order valence-electron chi connectivity index (χ1n) is 8.88. The Morgan fingerprint density at radius 3 is 2.35 bits per heavy atom. The summed E-state index contributed by atoms with van der Waals surface area (Å²) in [4.78, 5) is 27.1. The molecule has 2 N–H and O–H groups in total. The Balaban J connectivity index is 1.71. The lowest BCUT2D eigenvalue weighted by Crippen LogP contribution is -2.57. The van der Waals surface area contributed by atoms with Gasteiger partial charge in [-0.2, -0.15) is 0 Å². The third-order valence-electron chi connectivity index (χ3n) is 5.81. The fraction of sp³-hybridized carbons (Fsp3) is 0.882. The molecule has 0 radical (unpaired) electrons. The van der Waals surface area contributed by atoms with Crippen LogP contribution in [0.1, 0.15) is 52.9 Å². The van der Waals surface area contributed by atoms with Gasteiger partial charge >= 0.3 is 12.0 Å². The third-order valence-corrected chi connectivity index (χ3v) is 5.81. The van der Waals surface area contributed by atoms with Crippen LogP contribution in [0.3, 0.4) is 0 Å². The van der Waals surface area contributed by atoms with Gasteiger partial charge in [-0.15, -0.1) is 0 Å². The normalized spacial score (nSPS) is 26.7. The largest absolute Gasteiger partial charge is 0.480 e. The molecule has 1 aliphatic carbocycles. The van der Waals surface area contributed by atoms with Crippen LogP contribution in [0.4, 0.5) is 4.79 Å². The lowest BCUT2D eigenvalue weighted by Gasteiger charge is -2.44. The van der Waals surface area contributed by atoms with Crippen molar-refractivity contribution in [1.29, 1.82) is 0 Å². The summed E-state index contributed by atoms with van der Waals surface area (Å²) in [7, 11) is 0. The molecular formula is C17H31N3O3. The predicted octanol–water partition coefficient (Wildman–Crippen LogP) is 2.15. The van der Waals surface area contributed by atoms with Gasteiger partial charge in [0.05, 0.1) is 6.54 Å². The number of likely N-dealkylation sites (tertiary alicyclic amines) is 1. The number of aliphatic carboxylic acids is 1. The van der Waals surface area contributed by atoms with Gasteiger partial charge in [0.15, 0.2) is 0 Å². The Kier molecular flexibility index (Phi) is 5.89. The van der Waals surface area contributed by atoms with E-state index >= 15 is 0 Å². The number of likely N-dealkylation sites (N-methyl/N-ethyl adjacent to an activating group) is 1. The number of nitrogens with zero attached hydrogens (tertiary/aromatic N) is 2. The summed E-state index contributed by atoms with van der Waals surface area (Å²) in [6, 6.07) is 0.522. The van der Waals surface area contributed by atoms with E-state index in [1.54, 1.807) is 0 Å². The number of nitrogens with one attached hydrogen (secondary N) is 1. The number of hydrogen-bond acceptors (Lipinski definition) is 3. The fourth-order valence-electron chi connectivity index (χ4n) is 3.55. The Morgan fingerprint density at radius 1 is 1.26 bits per heavy atom. The molecule has 0 unspecified atom stereocenters. The van der Waals surface area contributed by atoms with E-state index in [0.29, 0.717) is 5.41 Å². The number of rotatable bonds is 6. The standard InChI is InChI=1S/C17H31N3O3/c1-4-17(3)6-8-20(9-7-17)16(23)18-13-10-14(11-13)19(5-2)12-15(21)22/h13-14H,4-12H2,1-3H3,(H,18,23)(H,21,22). The number of carbonyl (C=O) groups is 2. The summed E-state index contributed by atoms with van der Waals surface area (Å²) in [6.45, 7) is 9.01. The van der Waals surface area contributed by atoms with E-state index in [-0.39, 0.29) is 24.7 Å². The molecule has 1 saturated carbocycles. The first kappa shape index (κ1) is 18.0. The summed E-state index contributed by atoms with van der Waals surface area (Å²) in [5, 5.41) is 12.0. The molecule has 2 fully saturated rings. The van der Waals surface area contributed by atoms with E-state index in [2.05, 4.69) is 19.2 Å². The molecule has 23 heavy (non-hydrogen) atoms. The quantitative estimate of drug-likeness (QED) is 0.785. The molecule has 1 saturated heterocycles. The maximum absolute atomic E-state index is 12.3. The molecule has 2 amide bonds.